The summed E-state index contributed by atoms with van der Waals surface area (Å²) in [6.07, 6.45) is -1.90. The molecule has 1 amide bonds. The smallest absolute Gasteiger partial charge is 0.481 e. The number of nitrogens with zero attached hydrogens (tertiary/aromatic N) is 4. The number of rotatable bonds is 5. The van der Waals surface area contributed by atoms with Gasteiger partial charge in [-0.05, 0) is 6.42 Å². The van der Waals surface area contributed by atoms with Crippen molar-refractivity contribution in [3.8, 4) is 5.88 Å². The lowest BCUT2D eigenvalue weighted by Gasteiger charge is -2.53. The Labute approximate surface area is 176 Å². The third kappa shape index (κ3) is 6.92. The van der Waals surface area contributed by atoms with Gasteiger partial charge in [0.2, 0.25) is 11.8 Å². The van der Waals surface area contributed by atoms with Gasteiger partial charge in [-0.3, -0.25) is 4.79 Å². The van der Waals surface area contributed by atoms with E-state index in [0.29, 0.717) is 12.5 Å². The van der Waals surface area contributed by atoms with Gasteiger partial charge in [0.1, 0.15) is 24.4 Å². The Morgan fingerprint density at radius 3 is 2.55 bits per heavy atom. The highest BCUT2D eigenvalue weighted by molar-refractivity contribution is 5.76. The number of halogens is 3. The van der Waals surface area contributed by atoms with E-state index in [1.54, 1.807) is 26.1 Å². The molecule has 1 unspecified atom stereocenters. The van der Waals surface area contributed by atoms with Gasteiger partial charge >= 0.3 is 12.1 Å². The number of likely N-dealkylation sites (N-methyl/N-ethyl adjacent to an activating group) is 1. The van der Waals surface area contributed by atoms with Gasteiger partial charge in [-0.25, -0.2) is 14.8 Å². The first-order valence-corrected chi connectivity index (χ1v) is 9.32. The summed E-state index contributed by atoms with van der Waals surface area (Å²) < 4.78 is 48.7. The number of carboxylic acids is 1. The van der Waals surface area contributed by atoms with Crippen LogP contribution in [0.4, 0.5) is 19.0 Å². The number of alkyl halides is 3. The molecule has 0 aliphatic carbocycles. The van der Waals surface area contributed by atoms with Gasteiger partial charge in [0.25, 0.3) is 0 Å². The van der Waals surface area contributed by atoms with Crippen LogP contribution in [-0.2, 0) is 19.1 Å². The van der Waals surface area contributed by atoms with Crippen LogP contribution >= 0.6 is 0 Å². The molecular formula is C18H25F3N4O6. The minimum atomic E-state index is -5.08. The van der Waals surface area contributed by atoms with Crippen molar-refractivity contribution in [3.05, 3.63) is 12.4 Å². The number of carbonyl (C=O) groups is 2. The van der Waals surface area contributed by atoms with Crippen LogP contribution in [0.25, 0.3) is 0 Å². The number of aliphatic carboxylic acids is 1. The van der Waals surface area contributed by atoms with Crippen molar-refractivity contribution in [2.24, 2.45) is 0 Å². The van der Waals surface area contributed by atoms with Crippen LogP contribution in [0, 0.1) is 0 Å². The van der Waals surface area contributed by atoms with Gasteiger partial charge in [0.05, 0.1) is 26.3 Å². The zero-order valence-electron chi connectivity index (χ0n) is 17.4. The van der Waals surface area contributed by atoms with Crippen LogP contribution in [0.3, 0.4) is 0 Å². The van der Waals surface area contributed by atoms with Gasteiger partial charge < -0.3 is 29.1 Å². The summed E-state index contributed by atoms with van der Waals surface area (Å²) in [6, 6.07) is 1.82. The average molecular weight is 450 g/mol. The van der Waals surface area contributed by atoms with Crippen LogP contribution in [0.15, 0.2) is 12.4 Å². The van der Waals surface area contributed by atoms with E-state index in [1.165, 1.54) is 6.33 Å². The van der Waals surface area contributed by atoms with E-state index >= 15 is 0 Å². The Morgan fingerprint density at radius 2 is 2.00 bits per heavy atom. The van der Waals surface area contributed by atoms with Crippen molar-refractivity contribution < 1.29 is 42.1 Å². The molecule has 1 spiro atoms. The Morgan fingerprint density at radius 1 is 1.35 bits per heavy atom. The Bertz CT molecular complexity index is 771. The number of methoxy groups -OCH3 is 1. The van der Waals surface area contributed by atoms with Crippen molar-refractivity contribution in [1.82, 2.24) is 14.9 Å². The summed E-state index contributed by atoms with van der Waals surface area (Å²) in [7, 11) is 5.05. The maximum Gasteiger partial charge on any atom is 0.490 e. The van der Waals surface area contributed by atoms with Gasteiger partial charge in [-0.2, -0.15) is 13.2 Å². The number of carboxylic acid groups (broad SMARTS) is 1. The first-order chi connectivity index (χ1) is 14.5. The van der Waals surface area contributed by atoms with Crippen molar-refractivity contribution >= 4 is 17.7 Å². The SMILES string of the molecule is COc1cc(N2CC3(CC(OCC(=O)N(C)C)CCO3)C2)ncn1.O=C(O)C(F)(F)F. The van der Waals surface area contributed by atoms with Crippen LogP contribution in [0.5, 0.6) is 5.88 Å². The molecule has 0 bridgehead atoms. The van der Waals surface area contributed by atoms with E-state index < -0.39 is 12.1 Å². The highest BCUT2D eigenvalue weighted by Gasteiger charge is 2.48. The second-order valence-corrected chi connectivity index (χ2v) is 7.32. The van der Waals surface area contributed by atoms with E-state index in [0.717, 1.165) is 31.7 Å². The fourth-order valence-corrected chi connectivity index (χ4v) is 3.09. The molecule has 0 aromatic carbocycles. The van der Waals surface area contributed by atoms with E-state index in [-0.39, 0.29) is 24.2 Å². The number of anilines is 1. The predicted octanol–water partition coefficient (Wildman–Crippen LogP) is 0.961. The molecular weight excluding hydrogens is 425 g/mol. The maximum absolute atomic E-state index is 11.7. The normalized spacial score (nSPS) is 19.7. The van der Waals surface area contributed by atoms with E-state index in [4.69, 9.17) is 24.1 Å². The number of carbonyl (C=O) groups excluding carboxylic acids is 1. The van der Waals surface area contributed by atoms with Gasteiger partial charge in [0, 0.05) is 33.2 Å². The number of aromatic nitrogens is 2. The van der Waals surface area contributed by atoms with Crippen molar-refractivity contribution in [2.75, 3.05) is 52.4 Å². The molecule has 0 saturated carbocycles. The number of hydrogen-bond donors (Lipinski definition) is 1. The molecule has 174 valence electrons. The third-order valence-corrected chi connectivity index (χ3v) is 4.75. The monoisotopic (exact) mass is 450 g/mol. The zero-order chi connectivity index (χ0) is 23.2. The van der Waals surface area contributed by atoms with Gasteiger partial charge in [0.15, 0.2) is 0 Å². The van der Waals surface area contributed by atoms with Crippen LogP contribution < -0.4 is 9.64 Å². The summed E-state index contributed by atoms with van der Waals surface area (Å²) in [6.45, 7) is 2.30. The number of amides is 1. The molecule has 2 aliphatic heterocycles. The molecule has 1 aromatic heterocycles. The summed E-state index contributed by atoms with van der Waals surface area (Å²) >= 11 is 0. The minimum Gasteiger partial charge on any atom is -0.481 e. The van der Waals surface area contributed by atoms with Crippen LogP contribution in [0.2, 0.25) is 0 Å². The molecule has 10 nitrogen and oxygen atoms in total. The first-order valence-electron chi connectivity index (χ1n) is 9.32. The molecule has 2 aliphatic rings. The molecule has 0 radical (unpaired) electrons. The van der Waals surface area contributed by atoms with Gasteiger partial charge in [-0.15, -0.1) is 0 Å². The molecule has 31 heavy (non-hydrogen) atoms. The lowest BCUT2D eigenvalue weighted by atomic mass is 9.84. The second-order valence-electron chi connectivity index (χ2n) is 7.32. The predicted molar refractivity (Wildman–Crippen MR) is 101 cm³/mol. The van der Waals surface area contributed by atoms with E-state index in [2.05, 4.69) is 14.9 Å². The quantitative estimate of drug-likeness (QED) is 0.701. The summed E-state index contributed by atoms with van der Waals surface area (Å²) in [4.78, 5) is 32.5. The topological polar surface area (TPSA) is 114 Å². The average Bonchev–Trinajstić information content (AvgIpc) is 2.70. The lowest BCUT2D eigenvalue weighted by Crippen LogP contribution is -2.66. The molecule has 1 atom stereocenters. The molecule has 1 N–H and O–H groups in total. The largest absolute Gasteiger partial charge is 0.490 e. The van der Waals surface area contributed by atoms with Crippen molar-refractivity contribution in [1.29, 1.82) is 0 Å². The Kier molecular flexibility index (Phi) is 8.01. The molecule has 3 rings (SSSR count). The van der Waals surface area contributed by atoms with Crippen LogP contribution in [0.1, 0.15) is 12.8 Å². The zero-order valence-corrected chi connectivity index (χ0v) is 17.4. The summed E-state index contributed by atoms with van der Waals surface area (Å²) in [5.74, 6) is -1.39. The molecule has 2 fully saturated rings. The molecule has 2 saturated heterocycles. The number of ether oxygens (including phenoxy) is 3. The third-order valence-electron chi connectivity index (χ3n) is 4.75. The Balaban J connectivity index is 0.000000423. The summed E-state index contributed by atoms with van der Waals surface area (Å²) in [5.41, 5.74) is -0.206. The maximum atomic E-state index is 11.7. The number of hydrogen-bond acceptors (Lipinski definition) is 8. The summed E-state index contributed by atoms with van der Waals surface area (Å²) in [5, 5.41) is 7.12. The van der Waals surface area contributed by atoms with Crippen molar-refractivity contribution in [3.63, 3.8) is 0 Å². The lowest BCUT2D eigenvalue weighted by molar-refractivity contribution is -0.192. The second kappa shape index (κ2) is 10.1. The molecule has 3 heterocycles. The van der Waals surface area contributed by atoms with Crippen molar-refractivity contribution in [2.45, 2.75) is 30.7 Å². The van der Waals surface area contributed by atoms with Crippen LogP contribution in [-0.4, -0.2) is 97.2 Å². The van der Waals surface area contributed by atoms with Gasteiger partial charge in [-0.1, -0.05) is 0 Å². The Hall–Kier alpha value is -2.67. The fourth-order valence-electron chi connectivity index (χ4n) is 3.09. The minimum absolute atomic E-state index is 0.0149. The van der Waals surface area contributed by atoms with E-state index in [9.17, 15) is 18.0 Å². The highest BCUT2D eigenvalue weighted by Crippen LogP contribution is 2.37. The highest BCUT2D eigenvalue weighted by atomic mass is 19.4. The molecule has 13 heteroatoms. The fraction of sp³-hybridized carbons (Fsp3) is 0.667. The first kappa shape index (κ1) is 24.6. The molecule has 1 aromatic rings. The van der Waals surface area contributed by atoms with E-state index in [1.807, 2.05) is 6.07 Å². The standard InChI is InChI=1S/C16H24N4O4.C2HF3O2/c1-19(2)15(21)8-23-12-4-5-24-16(7-12)9-20(10-16)13-6-14(22-3)18-11-17-13;3-2(4,5)1(6)7/h6,11-12H,4-5,7-10H2,1-3H3;(H,6,7).